The molecule has 7 nitrogen and oxygen atoms in total. The number of nitro benzene ring substituents is 1. The largest absolute Gasteiger partial charge is 0.481 e. The van der Waals surface area contributed by atoms with Crippen molar-refractivity contribution in [3.63, 3.8) is 0 Å². The lowest BCUT2D eigenvalue weighted by Crippen LogP contribution is -2.29. The van der Waals surface area contributed by atoms with Crippen molar-refractivity contribution in [3.8, 4) is 5.75 Å². The molecule has 0 saturated carbocycles. The van der Waals surface area contributed by atoms with Gasteiger partial charge in [0.1, 0.15) is 6.10 Å². The van der Waals surface area contributed by atoms with E-state index in [9.17, 15) is 14.9 Å². The predicted octanol–water partition coefficient (Wildman–Crippen LogP) is 3.41. The number of hydrogen-bond donors (Lipinski definition) is 0. The summed E-state index contributed by atoms with van der Waals surface area (Å²) in [6.07, 6.45) is 6.58. The van der Waals surface area contributed by atoms with Gasteiger partial charge in [-0.05, 0) is 30.9 Å². The van der Waals surface area contributed by atoms with Gasteiger partial charge in [-0.3, -0.25) is 14.9 Å². The molecule has 0 fully saturated rings. The Morgan fingerprint density at radius 3 is 2.80 bits per heavy atom. The fourth-order valence-electron chi connectivity index (χ4n) is 3.13. The molecule has 1 atom stereocenters. The van der Waals surface area contributed by atoms with Crippen molar-refractivity contribution in [1.82, 2.24) is 9.55 Å². The van der Waals surface area contributed by atoms with Gasteiger partial charge >= 0.3 is 5.69 Å². The first-order chi connectivity index (χ1) is 12.0. The third-order valence-corrected chi connectivity index (χ3v) is 4.53. The number of ether oxygens (including phenoxy) is 1. The van der Waals surface area contributed by atoms with Gasteiger partial charge < -0.3 is 9.30 Å². The van der Waals surface area contributed by atoms with Crippen molar-refractivity contribution < 1.29 is 14.5 Å². The lowest BCUT2D eigenvalue weighted by Gasteiger charge is -2.24. The van der Waals surface area contributed by atoms with Crippen LogP contribution in [0.3, 0.4) is 0 Å². The molecule has 0 aliphatic heterocycles. The minimum absolute atomic E-state index is 0.0327. The number of benzene rings is 1. The maximum Gasteiger partial charge on any atom is 0.314 e. The summed E-state index contributed by atoms with van der Waals surface area (Å²) in [5.74, 6) is 0.353. The second-order valence-electron chi connectivity index (χ2n) is 6.63. The molecule has 0 amide bonds. The number of nitro groups is 1. The molecule has 1 aromatic heterocycles. The first-order valence-corrected chi connectivity index (χ1v) is 8.43. The summed E-state index contributed by atoms with van der Waals surface area (Å²) in [7, 11) is 0. The lowest BCUT2D eigenvalue weighted by molar-refractivity contribution is -0.386. The van der Waals surface area contributed by atoms with Crippen LogP contribution in [0.4, 0.5) is 5.69 Å². The maximum atomic E-state index is 12.0. The van der Waals surface area contributed by atoms with Gasteiger partial charge in [-0.1, -0.05) is 13.8 Å². The molecule has 0 radical (unpaired) electrons. The number of aromatic nitrogens is 2. The highest BCUT2D eigenvalue weighted by atomic mass is 16.6. The van der Waals surface area contributed by atoms with Crippen molar-refractivity contribution in [2.45, 2.75) is 45.8 Å². The second kappa shape index (κ2) is 7.04. The molecule has 0 saturated heterocycles. The van der Waals surface area contributed by atoms with E-state index >= 15 is 0 Å². The average Bonchev–Trinajstić information content (AvgIpc) is 3.07. The van der Waals surface area contributed by atoms with E-state index in [2.05, 4.69) is 4.98 Å². The van der Waals surface area contributed by atoms with E-state index in [1.54, 1.807) is 24.7 Å². The smallest absolute Gasteiger partial charge is 0.314 e. The van der Waals surface area contributed by atoms with Crippen molar-refractivity contribution in [3.05, 3.63) is 52.1 Å². The van der Waals surface area contributed by atoms with E-state index in [1.165, 1.54) is 0 Å². The van der Waals surface area contributed by atoms with Gasteiger partial charge in [0.2, 0.25) is 0 Å². The van der Waals surface area contributed by atoms with Gasteiger partial charge in [0.15, 0.2) is 11.5 Å². The molecular weight excluding hydrogens is 322 g/mol. The second-order valence-corrected chi connectivity index (χ2v) is 6.63. The molecule has 25 heavy (non-hydrogen) atoms. The zero-order valence-electron chi connectivity index (χ0n) is 14.3. The van der Waals surface area contributed by atoms with Crippen LogP contribution in [0.25, 0.3) is 0 Å². The molecule has 0 N–H and O–H groups in total. The number of rotatable bonds is 6. The Bertz CT molecular complexity index is 784. The lowest BCUT2D eigenvalue weighted by atomic mass is 9.89. The Morgan fingerprint density at radius 2 is 2.16 bits per heavy atom. The molecule has 1 aromatic carbocycles. The van der Waals surface area contributed by atoms with Crippen molar-refractivity contribution >= 4 is 11.5 Å². The van der Waals surface area contributed by atoms with Gasteiger partial charge in [-0.2, -0.15) is 0 Å². The summed E-state index contributed by atoms with van der Waals surface area (Å²) < 4.78 is 7.93. The highest BCUT2D eigenvalue weighted by Crippen LogP contribution is 2.38. The summed E-state index contributed by atoms with van der Waals surface area (Å²) >= 11 is 0. The van der Waals surface area contributed by atoms with Crippen LogP contribution in [0.1, 0.15) is 42.6 Å². The van der Waals surface area contributed by atoms with Crippen LogP contribution >= 0.6 is 0 Å². The number of nitrogens with zero attached hydrogens (tertiary/aromatic N) is 3. The Kier molecular flexibility index (Phi) is 4.83. The highest BCUT2D eigenvalue weighted by Gasteiger charge is 2.31. The van der Waals surface area contributed by atoms with Gasteiger partial charge in [0, 0.05) is 29.9 Å². The fourth-order valence-corrected chi connectivity index (χ4v) is 3.13. The Labute approximate surface area is 145 Å². The topological polar surface area (TPSA) is 87.3 Å². The Morgan fingerprint density at radius 1 is 1.36 bits per heavy atom. The van der Waals surface area contributed by atoms with E-state index in [4.69, 9.17) is 4.74 Å². The van der Waals surface area contributed by atoms with Crippen LogP contribution < -0.4 is 4.74 Å². The molecule has 3 rings (SSSR count). The molecule has 1 heterocycles. The van der Waals surface area contributed by atoms with E-state index in [0.29, 0.717) is 36.9 Å². The van der Waals surface area contributed by atoms with Gasteiger partial charge in [0.25, 0.3) is 0 Å². The third-order valence-electron chi connectivity index (χ3n) is 4.53. The van der Waals surface area contributed by atoms with E-state index in [0.717, 1.165) is 0 Å². The average molecular weight is 343 g/mol. The molecule has 0 spiro atoms. The van der Waals surface area contributed by atoms with Crippen molar-refractivity contribution in [1.29, 1.82) is 0 Å². The normalized spacial score (nSPS) is 15.1. The van der Waals surface area contributed by atoms with E-state index < -0.39 is 4.92 Å². The molecule has 1 aliphatic carbocycles. The monoisotopic (exact) mass is 343 g/mol. The zero-order chi connectivity index (χ0) is 18.0. The summed E-state index contributed by atoms with van der Waals surface area (Å²) in [4.78, 5) is 27.3. The number of ketones is 1. The molecule has 132 valence electrons. The number of hydrogen-bond acceptors (Lipinski definition) is 5. The van der Waals surface area contributed by atoms with Crippen LogP contribution in [-0.2, 0) is 13.0 Å². The predicted molar refractivity (Wildman–Crippen MR) is 91.8 cm³/mol. The fraction of sp³-hybridized carbons (Fsp3) is 0.444. The summed E-state index contributed by atoms with van der Waals surface area (Å²) in [5.41, 5.74) is 0.895. The standard InChI is InChI=1S/C18H21N3O4/c1-12(2)17(10-20-9-8-19-11-20)25-16-7-6-13-14(18(16)21(23)24)4-3-5-15(13)22/h6-9,11-12,17H,3-5,10H2,1-2H3. The number of carbonyl (C=O) groups is 1. The summed E-state index contributed by atoms with van der Waals surface area (Å²) in [6.45, 7) is 4.57. The molecular formula is C18H21N3O4. The van der Waals surface area contributed by atoms with E-state index in [1.807, 2.05) is 24.6 Å². The van der Waals surface area contributed by atoms with Crippen LogP contribution in [0.5, 0.6) is 5.75 Å². The molecule has 7 heteroatoms. The number of fused-ring (bicyclic) bond motifs is 1. The minimum Gasteiger partial charge on any atom is -0.481 e. The van der Waals surface area contributed by atoms with Crippen LogP contribution in [0.2, 0.25) is 0 Å². The van der Waals surface area contributed by atoms with Crippen LogP contribution in [0, 0.1) is 16.0 Å². The van der Waals surface area contributed by atoms with E-state index in [-0.39, 0.29) is 29.2 Å². The summed E-state index contributed by atoms with van der Waals surface area (Å²) in [6, 6.07) is 3.22. The number of carbonyl (C=O) groups excluding carboxylic acids is 1. The molecule has 1 aliphatic rings. The Hall–Kier alpha value is -2.70. The quantitative estimate of drug-likeness (QED) is 0.592. The third kappa shape index (κ3) is 3.55. The van der Waals surface area contributed by atoms with Crippen molar-refractivity contribution in [2.24, 2.45) is 5.92 Å². The Balaban J connectivity index is 1.95. The summed E-state index contributed by atoms with van der Waals surface area (Å²) in [5, 5.41) is 11.7. The van der Waals surface area contributed by atoms with Crippen LogP contribution in [-0.4, -0.2) is 26.4 Å². The first-order valence-electron chi connectivity index (χ1n) is 8.43. The maximum absolute atomic E-state index is 12.0. The highest BCUT2D eigenvalue weighted by molar-refractivity contribution is 5.99. The molecule has 2 aromatic rings. The van der Waals surface area contributed by atoms with Crippen LogP contribution in [0.15, 0.2) is 30.9 Å². The minimum atomic E-state index is -0.429. The molecule has 1 unspecified atom stereocenters. The van der Waals surface area contributed by atoms with Gasteiger partial charge in [-0.25, -0.2) is 4.98 Å². The SMILES string of the molecule is CC(C)C(Cn1ccnc1)Oc1ccc2c(c1[N+](=O)[O-])CCCC2=O. The zero-order valence-corrected chi connectivity index (χ0v) is 14.3. The molecule has 0 bridgehead atoms. The van der Waals surface area contributed by atoms with Crippen molar-refractivity contribution in [2.75, 3.05) is 0 Å². The van der Waals surface area contributed by atoms with Gasteiger partial charge in [-0.15, -0.1) is 0 Å². The first kappa shape index (κ1) is 17.1. The number of Topliss-reactive ketones (excluding diaryl/α,β-unsaturated/α-hetero) is 1. The number of imidazole rings is 1. The van der Waals surface area contributed by atoms with Gasteiger partial charge in [0.05, 0.1) is 17.8 Å².